The van der Waals surface area contributed by atoms with E-state index >= 15 is 0 Å². The molecule has 0 radical (unpaired) electrons. The van der Waals surface area contributed by atoms with Gasteiger partial charge in [0.15, 0.2) is 0 Å². The van der Waals surface area contributed by atoms with Gasteiger partial charge in [-0.15, -0.1) is 0 Å². The van der Waals surface area contributed by atoms with Crippen LogP contribution >= 0.6 is 0 Å². The van der Waals surface area contributed by atoms with Crippen molar-refractivity contribution in [2.45, 2.75) is 25.7 Å². The van der Waals surface area contributed by atoms with Gasteiger partial charge in [-0.25, -0.2) is 0 Å². The van der Waals surface area contributed by atoms with Crippen molar-refractivity contribution in [3.8, 4) is 0 Å². The number of carbonyl (C=O) groups excluding carboxylic acids is 4. The first kappa shape index (κ1) is 23.8. The summed E-state index contributed by atoms with van der Waals surface area (Å²) in [5.74, 6) is 0.000684. The van der Waals surface area contributed by atoms with E-state index in [1.54, 1.807) is 0 Å². The highest BCUT2D eigenvalue weighted by atomic mass is 16.6. The minimum Gasteiger partial charge on any atom is -0.396 e. The highest BCUT2D eigenvalue weighted by Gasteiger charge is 2.59. The molecule has 9 heteroatoms. The Morgan fingerprint density at radius 2 is 1.18 bits per heavy atom. The number of nitrogens with zero attached hydrogens (tertiary/aromatic N) is 1. The monoisotopic (exact) mass is 460 g/mol. The first-order valence-corrected chi connectivity index (χ1v) is 11.8. The molecule has 0 spiro atoms. The molecule has 0 aromatic carbocycles. The van der Waals surface area contributed by atoms with Crippen LogP contribution in [0.15, 0.2) is 24.3 Å². The SMILES string of the molecule is NCCCO.O=C1OC(=O)[C@H]2C3C=CC(C3)[C@@H]12.O=C1[C@@H]2C3C=CC(C3)[C@@H]2C(=O)N1CCCO. The molecular formula is C24H32N2O7. The number of rotatable bonds is 5. The second-order valence-corrected chi connectivity index (χ2v) is 9.51. The number of hydrogen-bond donors (Lipinski definition) is 3. The van der Waals surface area contributed by atoms with Crippen LogP contribution in [-0.4, -0.2) is 65.2 Å². The van der Waals surface area contributed by atoms with Crippen molar-refractivity contribution in [2.75, 3.05) is 26.3 Å². The van der Waals surface area contributed by atoms with E-state index < -0.39 is 0 Å². The van der Waals surface area contributed by atoms with Crippen molar-refractivity contribution in [2.24, 2.45) is 53.1 Å². The minimum absolute atomic E-state index is 0.0136. The molecule has 2 aliphatic heterocycles. The van der Waals surface area contributed by atoms with Gasteiger partial charge in [-0.2, -0.15) is 0 Å². The zero-order valence-corrected chi connectivity index (χ0v) is 18.5. The fourth-order valence-corrected chi connectivity index (χ4v) is 6.20. The van der Waals surface area contributed by atoms with Gasteiger partial charge in [0.25, 0.3) is 0 Å². The number of ether oxygens (including phenoxy) is 1. The Morgan fingerprint density at radius 1 is 0.758 bits per heavy atom. The third-order valence-electron chi connectivity index (χ3n) is 7.67. The number of aliphatic hydroxyl groups is 2. The van der Waals surface area contributed by atoms with E-state index in [1.165, 1.54) is 4.90 Å². The number of likely N-dealkylation sites (tertiary alicyclic amines) is 1. The van der Waals surface area contributed by atoms with Crippen LogP contribution in [0.3, 0.4) is 0 Å². The molecule has 9 nitrogen and oxygen atoms in total. The third-order valence-corrected chi connectivity index (χ3v) is 7.67. The van der Waals surface area contributed by atoms with E-state index in [1.807, 2.05) is 12.2 Å². The van der Waals surface area contributed by atoms with Gasteiger partial charge in [0.05, 0.1) is 23.7 Å². The van der Waals surface area contributed by atoms with E-state index in [4.69, 9.17) is 15.9 Å². The zero-order valence-electron chi connectivity index (χ0n) is 18.5. The quantitative estimate of drug-likeness (QED) is 0.225. The molecule has 2 saturated heterocycles. The first-order valence-electron chi connectivity index (χ1n) is 11.8. The van der Waals surface area contributed by atoms with Crippen LogP contribution in [0.4, 0.5) is 0 Å². The Labute approximate surface area is 192 Å². The van der Waals surface area contributed by atoms with Crippen LogP contribution in [0.2, 0.25) is 0 Å². The highest BCUT2D eigenvalue weighted by molar-refractivity contribution is 6.06. The van der Waals surface area contributed by atoms with Gasteiger partial charge in [0, 0.05) is 19.8 Å². The molecule has 4 aliphatic carbocycles. The van der Waals surface area contributed by atoms with Gasteiger partial charge in [-0.1, -0.05) is 24.3 Å². The number of nitrogens with two attached hydrogens (primary N) is 1. The fraction of sp³-hybridized carbons (Fsp3) is 0.667. The summed E-state index contributed by atoms with van der Waals surface area (Å²) in [6, 6.07) is 0. The summed E-state index contributed by atoms with van der Waals surface area (Å²) in [6.45, 7) is 1.21. The Kier molecular flexibility index (Phi) is 7.11. The lowest BCUT2D eigenvalue weighted by molar-refractivity contribution is -0.154. The van der Waals surface area contributed by atoms with Crippen LogP contribution in [-0.2, 0) is 23.9 Å². The van der Waals surface area contributed by atoms with Gasteiger partial charge in [0.1, 0.15) is 0 Å². The molecule has 4 unspecified atom stereocenters. The number of fused-ring (bicyclic) bond motifs is 10. The van der Waals surface area contributed by atoms with Crippen LogP contribution in [0.25, 0.3) is 0 Å². The van der Waals surface area contributed by atoms with Crippen LogP contribution < -0.4 is 5.73 Å². The van der Waals surface area contributed by atoms with Crippen molar-refractivity contribution in [1.29, 1.82) is 0 Å². The molecule has 2 amide bonds. The largest absolute Gasteiger partial charge is 0.396 e. The molecule has 6 aliphatic rings. The van der Waals surface area contributed by atoms with Gasteiger partial charge < -0.3 is 20.7 Å². The average Bonchev–Trinajstić information content (AvgIpc) is 3.63. The molecule has 4 bridgehead atoms. The molecule has 0 aromatic rings. The Morgan fingerprint density at radius 3 is 1.55 bits per heavy atom. The van der Waals surface area contributed by atoms with Crippen molar-refractivity contribution in [1.82, 2.24) is 4.90 Å². The normalized spacial score (nSPS) is 38.2. The minimum atomic E-state index is -0.304. The molecule has 33 heavy (non-hydrogen) atoms. The van der Waals surface area contributed by atoms with E-state index in [-0.39, 0.29) is 84.3 Å². The fourth-order valence-electron chi connectivity index (χ4n) is 6.20. The van der Waals surface area contributed by atoms with E-state index in [2.05, 4.69) is 16.9 Å². The number of aliphatic hydroxyl groups excluding tert-OH is 2. The Bertz CT molecular complexity index is 809. The van der Waals surface area contributed by atoms with Crippen LogP contribution in [0.1, 0.15) is 25.7 Å². The maximum Gasteiger partial charge on any atom is 0.318 e. The number of carbonyl (C=O) groups is 4. The molecular weight excluding hydrogens is 428 g/mol. The first-order chi connectivity index (χ1) is 15.9. The number of cyclic esters (lactones) is 2. The highest BCUT2D eigenvalue weighted by Crippen LogP contribution is 2.53. The Balaban J connectivity index is 0.000000135. The van der Waals surface area contributed by atoms with Crippen LogP contribution in [0.5, 0.6) is 0 Å². The standard InChI is InChI=1S/C12H15NO3.C9H8O3.C3H9NO/c14-5-1-4-13-11(15)9-7-2-3-8(6-7)10(9)12(13)16;10-8-6-4-1-2-5(3-4)7(6)9(11)12-8;4-2-1-3-5/h2-3,7-10,14H,1,4-6H2;1-2,4-7H,3H2;5H,1-4H2/t7?,8?,9-,10+;4?,5?,6-,7+;. The molecule has 4 fully saturated rings. The van der Waals surface area contributed by atoms with Crippen LogP contribution in [0, 0.1) is 47.3 Å². The van der Waals surface area contributed by atoms with Crippen molar-refractivity contribution in [3.05, 3.63) is 24.3 Å². The molecule has 180 valence electrons. The maximum atomic E-state index is 12.1. The molecule has 4 N–H and O–H groups in total. The maximum absolute atomic E-state index is 12.1. The zero-order chi connectivity index (χ0) is 23.7. The summed E-state index contributed by atoms with van der Waals surface area (Å²) in [7, 11) is 0. The number of imide groups is 1. The second-order valence-electron chi connectivity index (χ2n) is 9.51. The van der Waals surface area contributed by atoms with Gasteiger partial charge in [0.2, 0.25) is 11.8 Å². The number of esters is 2. The summed E-state index contributed by atoms with van der Waals surface area (Å²) >= 11 is 0. The molecule has 0 aromatic heterocycles. The summed E-state index contributed by atoms with van der Waals surface area (Å²) in [6.07, 6.45) is 11.4. The number of hydrogen-bond acceptors (Lipinski definition) is 8. The van der Waals surface area contributed by atoms with Gasteiger partial charge in [-0.05, 0) is 55.9 Å². The summed E-state index contributed by atoms with van der Waals surface area (Å²) < 4.78 is 4.59. The van der Waals surface area contributed by atoms with Gasteiger partial charge in [-0.3, -0.25) is 24.1 Å². The smallest absolute Gasteiger partial charge is 0.318 e. The number of amides is 2. The summed E-state index contributed by atoms with van der Waals surface area (Å²) in [5, 5.41) is 16.7. The van der Waals surface area contributed by atoms with Gasteiger partial charge >= 0.3 is 11.9 Å². The second kappa shape index (κ2) is 9.87. The van der Waals surface area contributed by atoms with E-state index in [0.717, 1.165) is 19.3 Å². The molecule has 2 saturated carbocycles. The van der Waals surface area contributed by atoms with Crippen molar-refractivity contribution >= 4 is 23.8 Å². The Hall–Kier alpha value is -2.36. The van der Waals surface area contributed by atoms with E-state index in [0.29, 0.717) is 19.5 Å². The summed E-state index contributed by atoms with van der Waals surface area (Å²) in [5.41, 5.74) is 4.98. The third kappa shape index (κ3) is 4.18. The predicted molar refractivity (Wildman–Crippen MR) is 116 cm³/mol. The van der Waals surface area contributed by atoms with Crippen molar-refractivity contribution in [3.63, 3.8) is 0 Å². The van der Waals surface area contributed by atoms with Crippen molar-refractivity contribution < 1.29 is 34.1 Å². The molecule has 8 atom stereocenters. The summed E-state index contributed by atoms with van der Waals surface area (Å²) in [4.78, 5) is 47.9. The molecule has 2 heterocycles. The number of allylic oxidation sites excluding steroid dienone is 4. The average molecular weight is 461 g/mol. The van der Waals surface area contributed by atoms with E-state index in [9.17, 15) is 19.2 Å². The molecule has 6 rings (SSSR count). The lowest BCUT2D eigenvalue weighted by Gasteiger charge is -2.16. The lowest BCUT2D eigenvalue weighted by Crippen LogP contribution is -2.34. The topological polar surface area (TPSA) is 147 Å². The lowest BCUT2D eigenvalue weighted by atomic mass is 9.85. The predicted octanol–water partition coefficient (Wildman–Crippen LogP) is 0.0115.